The number of likely N-dealkylation sites (tertiary alicyclic amines) is 1. The van der Waals surface area contributed by atoms with Crippen molar-refractivity contribution in [3.63, 3.8) is 0 Å². The lowest BCUT2D eigenvalue weighted by molar-refractivity contribution is -0.134. The fraction of sp³-hybridized carbons (Fsp3) is 0.353. The zero-order valence-corrected chi connectivity index (χ0v) is 14.0. The minimum atomic E-state index is -0.142. The van der Waals surface area contributed by atoms with E-state index in [1.165, 1.54) is 4.52 Å². The van der Waals surface area contributed by atoms with Crippen molar-refractivity contribution in [2.45, 2.75) is 31.7 Å². The lowest BCUT2D eigenvalue weighted by Gasteiger charge is -2.35. The molecule has 0 aliphatic carbocycles. The highest BCUT2D eigenvalue weighted by atomic mass is 32.1. The SMILES string of the molecule is O=C(Cc1cccs1)N1CCCCC1c1cc(=O)n2[nH]ccc2n1. The van der Waals surface area contributed by atoms with Crippen LogP contribution in [-0.2, 0) is 11.2 Å². The van der Waals surface area contributed by atoms with Crippen LogP contribution in [0.2, 0.25) is 0 Å². The van der Waals surface area contributed by atoms with Gasteiger partial charge in [-0.05, 0) is 30.7 Å². The van der Waals surface area contributed by atoms with Crippen molar-refractivity contribution in [3.8, 4) is 0 Å². The number of carbonyl (C=O) groups excluding carboxylic acids is 1. The number of amides is 1. The van der Waals surface area contributed by atoms with E-state index in [4.69, 9.17) is 0 Å². The molecule has 1 N–H and O–H groups in total. The maximum absolute atomic E-state index is 12.8. The molecule has 0 saturated carbocycles. The van der Waals surface area contributed by atoms with E-state index in [0.717, 1.165) is 30.7 Å². The van der Waals surface area contributed by atoms with Gasteiger partial charge in [0.25, 0.3) is 5.56 Å². The Bertz CT molecular complexity index is 912. The van der Waals surface area contributed by atoms with Crippen molar-refractivity contribution < 1.29 is 4.79 Å². The Morgan fingerprint density at radius 2 is 2.29 bits per heavy atom. The first kappa shape index (κ1) is 15.1. The molecule has 7 heteroatoms. The number of piperidine rings is 1. The van der Waals surface area contributed by atoms with Gasteiger partial charge in [0.05, 0.1) is 18.2 Å². The molecule has 1 atom stereocenters. The largest absolute Gasteiger partial charge is 0.334 e. The zero-order valence-electron chi connectivity index (χ0n) is 13.1. The second-order valence-electron chi connectivity index (χ2n) is 6.03. The van der Waals surface area contributed by atoms with Crippen LogP contribution in [0, 0.1) is 0 Å². The van der Waals surface area contributed by atoms with Gasteiger partial charge in [-0.1, -0.05) is 6.07 Å². The fourth-order valence-electron chi connectivity index (χ4n) is 3.32. The Morgan fingerprint density at radius 3 is 3.12 bits per heavy atom. The predicted molar refractivity (Wildman–Crippen MR) is 92.1 cm³/mol. The summed E-state index contributed by atoms with van der Waals surface area (Å²) in [4.78, 5) is 32.5. The molecule has 4 heterocycles. The molecule has 1 unspecified atom stereocenters. The molecule has 1 amide bonds. The van der Waals surface area contributed by atoms with Crippen LogP contribution in [0.4, 0.5) is 0 Å². The summed E-state index contributed by atoms with van der Waals surface area (Å²) in [7, 11) is 0. The number of aromatic amines is 1. The molecule has 24 heavy (non-hydrogen) atoms. The summed E-state index contributed by atoms with van der Waals surface area (Å²) in [6.07, 6.45) is 5.00. The van der Waals surface area contributed by atoms with E-state index in [0.29, 0.717) is 17.8 Å². The Kier molecular flexibility index (Phi) is 3.93. The lowest BCUT2D eigenvalue weighted by Crippen LogP contribution is -2.40. The molecule has 1 saturated heterocycles. The van der Waals surface area contributed by atoms with E-state index >= 15 is 0 Å². The first-order chi connectivity index (χ1) is 11.7. The Morgan fingerprint density at radius 1 is 1.38 bits per heavy atom. The molecule has 4 rings (SSSR count). The highest BCUT2D eigenvalue weighted by Crippen LogP contribution is 2.30. The number of aromatic nitrogens is 3. The van der Waals surface area contributed by atoms with Crippen molar-refractivity contribution in [1.82, 2.24) is 19.5 Å². The molecule has 0 bridgehead atoms. The first-order valence-electron chi connectivity index (χ1n) is 8.11. The smallest absolute Gasteiger partial charge is 0.272 e. The number of fused-ring (bicyclic) bond motifs is 1. The minimum Gasteiger partial charge on any atom is -0.334 e. The molecule has 3 aromatic rings. The van der Waals surface area contributed by atoms with Crippen LogP contribution >= 0.6 is 11.3 Å². The Labute approximate surface area is 142 Å². The van der Waals surface area contributed by atoms with E-state index in [1.54, 1.807) is 29.7 Å². The van der Waals surface area contributed by atoms with Crippen LogP contribution in [-0.4, -0.2) is 31.9 Å². The van der Waals surface area contributed by atoms with Crippen molar-refractivity contribution in [3.05, 3.63) is 56.8 Å². The molecule has 1 aliphatic rings. The third kappa shape index (κ3) is 2.75. The predicted octanol–water partition coefficient (Wildman–Crippen LogP) is 2.38. The number of nitrogens with zero attached hydrogens (tertiary/aromatic N) is 3. The number of thiophene rings is 1. The van der Waals surface area contributed by atoms with E-state index in [-0.39, 0.29) is 17.5 Å². The highest BCUT2D eigenvalue weighted by Gasteiger charge is 2.29. The summed E-state index contributed by atoms with van der Waals surface area (Å²) in [6, 6.07) is 7.15. The van der Waals surface area contributed by atoms with Crippen molar-refractivity contribution >= 4 is 22.9 Å². The molecule has 1 fully saturated rings. The topological polar surface area (TPSA) is 70.5 Å². The summed E-state index contributed by atoms with van der Waals surface area (Å²) in [5.41, 5.74) is 1.14. The molecular formula is C17H18N4O2S. The normalized spacial score (nSPS) is 18.2. The quantitative estimate of drug-likeness (QED) is 0.794. The monoisotopic (exact) mass is 342 g/mol. The van der Waals surface area contributed by atoms with Crippen molar-refractivity contribution in [2.24, 2.45) is 0 Å². The third-order valence-electron chi connectivity index (χ3n) is 4.47. The van der Waals surface area contributed by atoms with Crippen molar-refractivity contribution in [1.29, 1.82) is 0 Å². The maximum atomic E-state index is 12.8. The number of hydrogen-bond acceptors (Lipinski definition) is 4. The average Bonchev–Trinajstić information content (AvgIpc) is 3.26. The van der Waals surface area contributed by atoms with Crippen LogP contribution in [0.3, 0.4) is 0 Å². The second kappa shape index (κ2) is 6.24. The Balaban J connectivity index is 1.65. The van der Waals surface area contributed by atoms with Crippen LogP contribution in [0.25, 0.3) is 5.65 Å². The van der Waals surface area contributed by atoms with Gasteiger partial charge in [0.2, 0.25) is 5.91 Å². The van der Waals surface area contributed by atoms with Gasteiger partial charge in [0, 0.05) is 29.8 Å². The van der Waals surface area contributed by atoms with Crippen LogP contribution in [0.1, 0.15) is 35.9 Å². The van der Waals surface area contributed by atoms with Gasteiger partial charge < -0.3 is 4.90 Å². The molecule has 124 valence electrons. The van der Waals surface area contributed by atoms with Crippen LogP contribution in [0.5, 0.6) is 0 Å². The summed E-state index contributed by atoms with van der Waals surface area (Å²) < 4.78 is 1.41. The van der Waals surface area contributed by atoms with Gasteiger partial charge in [0.1, 0.15) is 0 Å². The number of hydrogen-bond donors (Lipinski definition) is 1. The Hall–Kier alpha value is -2.41. The molecule has 0 spiro atoms. The van der Waals surface area contributed by atoms with E-state index in [1.807, 2.05) is 22.4 Å². The van der Waals surface area contributed by atoms with Gasteiger partial charge in [-0.3, -0.25) is 14.7 Å². The summed E-state index contributed by atoms with van der Waals surface area (Å²) in [5.74, 6) is 0.109. The number of nitrogens with one attached hydrogen (secondary N) is 1. The average molecular weight is 342 g/mol. The highest BCUT2D eigenvalue weighted by molar-refractivity contribution is 7.10. The van der Waals surface area contributed by atoms with Gasteiger partial charge >= 0.3 is 0 Å². The van der Waals surface area contributed by atoms with Crippen LogP contribution in [0.15, 0.2) is 40.6 Å². The number of carbonyl (C=O) groups is 1. The standard InChI is InChI=1S/C17H18N4O2S/c22-16(10-12-4-3-9-24-12)20-8-2-1-5-14(20)13-11-17(23)21-15(19-13)6-7-18-21/h3-4,6-7,9,11,14,18H,1-2,5,8,10H2. The fourth-order valence-corrected chi connectivity index (χ4v) is 4.01. The van der Waals surface area contributed by atoms with E-state index < -0.39 is 0 Å². The molecule has 3 aromatic heterocycles. The lowest BCUT2D eigenvalue weighted by atomic mass is 9.98. The van der Waals surface area contributed by atoms with E-state index in [2.05, 4.69) is 10.1 Å². The zero-order chi connectivity index (χ0) is 16.5. The maximum Gasteiger partial charge on any atom is 0.272 e. The van der Waals surface area contributed by atoms with Crippen LogP contribution < -0.4 is 5.56 Å². The van der Waals surface area contributed by atoms with Gasteiger partial charge in [0.15, 0.2) is 5.65 Å². The summed E-state index contributed by atoms with van der Waals surface area (Å²) in [5, 5.41) is 4.83. The summed E-state index contributed by atoms with van der Waals surface area (Å²) in [6.45, 7) is 0.725. The van der Waals surface area contributed by atoms with Gasteiger partial charge in [-0.15, -0.1) is 11.3 Å². The molecule has 0 aromatic carbocycles. The minimum absolute atomic E-state index is 0.109. The first-order valence-corrected chi connectivity index (χ1v) is 8.99. The molecule has 0 radical (unpaired) electrons. The van der Waals surface area contributed by atoms with E-state index in [9.17, 15) is 9.59 Å². The summed E-state index contributed by atoms with van der Waals surface area (Å²) >= 11 is 1.60. The number of H-pyrrole nitrogens is 1. The van der Waals surface area contributed by atoms with Gasteiger partial charge in [-0.25, -0.2) is 9.50 Å². The molecule has 1 aliphatic heterocycles. The van der Waals surface area contributed by atoms with Gasteiger partial charge in [-0.2, -0.15) is 0 Å². The van der Waals surface area contributed by atoms with Crippen molar-refractivity contribution in [2.75, 3.05) is 6.54 Å². The molecular weight excluding hydrogens is 324 g/mol. The second-order valence-corrected chi connectivity index (χ2v) is 7.06. The molecule has 6 nitrogen and oxygen atoms in total. The third-order valence-corrected chi connectivity index (χ3v) is 5.35. The number of rotatable bonds is 3.